The van der Waals surface area contributed by atoms with Crippen LogP contribution in [-0.2, 0) is 16.8 Å². The van der Waals surface area contributed by atoms with Crippen LogP contribution in [0.5, 0.6) is 5.75 Å². The molecule has 0 radical (unpaired) electrons. The first-order valence-corrected chi connectivity index (χ1v) is 10.2. The average molecular weight is 370 g/mol. The molecule has 1 aromatic carbocycles. The van der Waals surface area contributed by atoms with Gasteiger partial charge in [0, 0.05) is 18.1 Å². The maximum atomic E-state index is 6.24. The molecule has 2 spiro atoms. The van der Waals surface area contributed by atoms with Gasteiger partial charge in [-0.25, -0.2) is 4.99 Å². The lowest BCUT2D eigenvalue weighted by Crippen LogP contribution is -2.43. The number of benzene rings is 1. The molecule has 3 aliphatic rings. The fourth-order valence-corrected chi connectivity index (χ4v) is 5.04. The van der Waals surface area contributed by atoms with E-state index in [0.29, 0.717) is 11.9 Å². The third kappa shape index (κ3) is 2.78. The average Bonchev–Trinajstić information content (AvgIpc) is 3.11. The van der Waals surface area contributed by atoms with Crippen molar-refractivity contribution in [3.8, 4) is 5.75 Å². The van der Waals surface area contributed by atoms with E-state index in [1.54, 1.807) is 0 Å². The van der Waals surface area contributed by atoms with Crippen LogP contribution in [0.3, 0.4) is 0 Å². The zero-order valence-corrected chi connectivity index (χ0v) is 16.9. The fourth-order valence-electron chi connectivity index (χ4n) is 5.04. The van der Waals surface area contributed by atoms with Gasteiger partial charge in [0.25, 0.3) is 0 Å². The number of hydrogen-bond donors (Lipinski definition) is 1. The Morgan fingerprint density at radius 3 is 2.59 bits per heavy atom. The van der Waals surface area contributed by atoms with Crippen LogP contribution in [0.1, 0.15) is 64.0 Å². The van der Waals surface area contributed by atoms with Crippen molar-refractivity contribution in [2.24, 2.45) is 21.1 Å². The Morgan fingerprint density at radius 2 is 2.00 bits per heavy atom. The molecule has 1 aromatic rings. The Bertz CT molecular complexity index is 773. The predicted molar refractivity (Wildman–Crippen MR) is 109 cm³/mol. The number of fused-ring (bicyclic) bond motifs is 3. The Hall–Kier alpha value is -1.88. The highest BCUT2D eigenvalue weighted by molar-refractivity contribution is 6.41. The second kappa shape index (κ2) is 6.62. The molecule has 27 heavy (non-hydrogen) atoms. The van der Waals surface area contributed by atoms with Crippen molar-refractivity contribution < 1.29 is 9.47 Å². The molecule has 5 nitrogen and oxygen atoms in total. The number of nitrogens with two attached hydrogens (primary N) is 1. The summed E-state index contributed by atoms with van der Waals surface area (Å²) in [7, 11) is 1.81. The molecular formula is C22H31N3O2. The molecule has 1 saturated carbocycles. The van der Waals surface area contributed by atoms with Crippen molar-refractivity contribution in [3.05, 3.63) is 29.3 Å². The summed E-state index contributed by atoms with van der Waals surface area (Å²) in [5.74, 6) is 1.47. The molecule has 0 aromatic heterocycles. The molecule has 1 unspecified atom stereocenters. The number of aliphatic imine (C=N–C) groups is 2. The highest BCUT2D eigenvalue weighted by Crippen LogP contribution is 2.62. The van der Waals surface area contributed by atoms with E-state index in [4.69, 9.17) is 25.2 Å². The number of nitrogens with zero attached hydrogens (tertiary/aromatic N) is 2. The minimum Gasteiger partial charge on any atom is -0.491 e. The zero-order chi connectivity index (χ0) is 19.2. The van der Waals surface area contributed by atoms with Gasteiger partial charge in [0.1, 0.15) is 11.6 Å². The molecule has 2 aliphatic carbocycles. The molecule has 0 saturated heterocycles. The monoisotopic (exact) mass is 369 g/mol. The number of ether oxygens (including phenoxy) is 2. The molecule has 2 atom stereocenters. The van der Waals surface area contributed by atoms with E-state index in [-0.39, 0.29) is 11.5 Å². The molecule has 2 N–H and O–H groups in total. The summed E-state index contributed by atoms with van der Waals surface area (Å²) in [6.07, 6.45) is 6.70. The summed E-state index contributed by atoms with van der Waals surface area (Å²) in [5, 5.41) is 0. The zero-order valence-electron chi connectivity index (χ0n) is 16.9. The lowest BCUT2D eigenvalue weighted by Gasteiger charge is -2.44. The van der Waals surface area contributed by atoms with Crippen LogP contribution in [0.2, 0.25) is 0 Å². The number of amidine groups is 1. The van der Waals surface area contributed by atoms with Crippen molar-refractivity contribution in [1.29, 1.82) is 0 Å². The molecule has 5 heteroatoms. The lowest BCUT2D eigenvalue weighted by atomic mass is 9.65. The van der Waals surface area contributed by atoms with Gasteiger partial charge < -0.3 is 15.2 Å². The van der Waals surface area contributed by atoms with Gasteiger partial charge in [-0.3, -0.25) is 4.99 Å². The topological polar surface area (TPSA) is 69.2 Å². The Balaban J connectivity index is 1.78. The highest BCUT2D eigenvalue weighted by Gasteiger charge is 2.60. The normalized spacial score (nSPS) is 33.1. The Kier molecular flexibility index (Phi) is 4.53. The van der Waals surface area contributed by atoms with Crippen molar-refractivity contribution >= 4 is 11.5 Å². The summed E-state index contributed by atoms with van der Waals surface area (Å²) < 4.78 is 11.7. The minimum absolute atomic E-state index is 0.0122. The van der Waals surface area contributed by atoms with Crippen LogP contribution in [0.25, 0.3) is 0 Å². The Morgan fingerprint density at radius 1 is 1.26 bits per heavy atom. The van der Waals surface area contributed by atoms with E-state index in [9.17, 15) is 0 Å². The van der Waals surface area contributed by atoms with Gasteiger partial charge in [0.15, 0.2) is 5.66 Å². The summed E-state index contributed by atoms with van der Waals surface area (Å²) in [6.45, 7) is 6.21. The van der Waals surface area contributed by atoms with E-state index in [1.807, 2.05) is 14.0 Å². The van der Waals surface area contributed by atoms with Crippen molar-refractivity contribution in [2.45, 2.75) is 77.2 Å². The van der Waals surface area contributed by atoms with E-state index in [0.717, 1.165) is 50.0 Å². The van der Waals surface area contributed by atoms with E-state index in [1.165, 1.54) is 11.1 Å². The molecule has 1 fully saturated rings. The summed E-state index contributed by atoms with van der Waals surface area (Å²) in [4.78, 5) is 10.1. The lowest BCUT2D eigenvalue weighted by molar-refractivity contribution is -0.000410. The van der Waals surface area contributed by atoms with Crippen LogP contribution in [0.4, 0.5) is 0 Å². The van der Waals surface area contributed by atoms with Crippen LogP contribution < -0.4 is 10.5 Å². The van der Waals surface area contributed by atoms with Gasteiger partial charge in [-0.15, -0.1) is 0 Å². The van der Waals surface area contributed by atoms with Gasteiger partial charge in [-0.05, 0) is 70.1 Å². The third-order valence-corrected chi connectivity index (χ3v) is 6.84. The largest absolute Gasteiger partial charge is 0.491 e. The minimum atomic E-state index is -0.593. The standard InChI is InChI=1S/C22H31N3O2/c1-5-14(2)27-18-7-6-16-13-21(10-8-17(26-4)9-11-21)22(19(16)12-18)24-15(3)20(23)25-22/h6-7,12,14,17H,5,8-11,13H2,1-4H3,(H2,23,25)/t14-,17?,21?,22?/m0/s1. The molecule has 1 aliphatic heterocycles. The summed E-state index contributed by atoms with van der Waals surface area (Å²) in [6, 6.07) is 6.47. The van der Waals surface area contributed by atoms with Gasteiger partial charge >= 0.3 is 0 Å². The number of hydrogen-bond acceptors (Lipinski definition) is 5. The molecule has 1 heterocycles. The Labute approximate surface area is 162 Å². The van der Waals surface area contributed by atoms with Crippen molar-refractivity contribution in [2.75, 3.05) is 7.11 Å². The fraction of sp³-hybridized carbons (Fsp3) is 0.636. The van der Waals surface area contributed by atoms with Gasteiger partial charge in [-0.1, -0.05) is 13.0 Å². The summed E-state index contributed by atoms with van der Waals surface area (Å²) in [5.41, 5.74) is 8.99. The molecule has 0 amide bonds. The molecule has 4 rings (SSSR count). The second-order valence-corrected chi connectivity index (χ2v) is 8.41. The van der Waals surface area contributed by atoms with Gasteiger partial charge in [0.05, 0.1) is 17.9 Å². The second-order valence-electron chi connectivity index (χ2n) is 8.41. The van der Waals surface area contributed by atoms with Crippen molar-refractivity contribution in [1.82, 2.24) is 0 Å². The predicted octanol–water partition coefficient (Wildman–Crippen LogP) is 3.98. The first kappa shape index (κ1) is 18.5. The highest BCUT2D eigenvalue weighted by atomic mass is 16.5. The first-order valence-electron chi connectivity index (χ1n) is 10.2. The van der Waals surface area contributed by atoms with Crippen LogP contribution >= 0.6 is 0 Å². The van der Waals surface area contributed by atoms with Gasteiger partial charge in [0.2, 0.25) is 0 Å². The van der Waals surface area contributed by atoms with E-state index < -0.39 is 5.66 Å². The number of methoxy groups -OCH3 is 1. The summed E-state index contributed by atoms with van der Waals surface area (Å²) >= 11 is 0. The van der Waals surface area contributed by atoms with E-state index >= 15 is 0 Å². The third-order valence-electron chi connectivity index (χ3n) is 6.84. The smallest absolute Gasteiger partial charge is 0.184 e. The van der Waals surface area contributed by atoms with Crippen LogP contribution in [0.15, 0.2) is 28.2 Å². The molecule has 0 bridgehead atoms. The van der Waals surface area contributed by atoms with Gasteiger partial charge in [-0.2, -0.15) is 0 Å². The van der Waals surface area contributed by atoms with E-state index in [2.05, 4.69) is 32.0 Å². The first-order chi connectivity index (χ1) is 12.9. The maximum Gasteiger partial charge on any atom is 0.184 e. The maximum absolute atomic E-state index is 6.24. The van der Waals surface area contributed by atoms with Crippen molar-refractivity contribution in [3.63, 3.8) is 0 Å². The molecular weight excluding hydrogens is 338 g/mol. The van der Waals surface area contributed by atoms with Crippen LogP contribution in [-0.4, -0.2) is 30.9 Å². The molecule has 146 valence electrons. The quantitative estimate of drug-likeness (QED) is 0.873. The SMILES string of the molecule is CC[C@H](C)Oc1ccc2c(c1)C1(N=C(C)C(N)=N1)C1(CCC(OC)CC1)C2. The number of rotatable bonds is 4. The van der Waals surface area contributed by atoms with Crippen LogP contribution in [0, 0.1) is 5.41 Å².